The first-order valence-corrected chi connectivity index (χ1v) is 3.88. The van der Waals surface area contributed by atoms with Gasteiger partial charge in [-0.05, 0) is 26.7 Å². The van der Waals surface area contributed by atoms with E-state index in [-0.39, 0.29) is 5.54 Å². The Morgan fingerprint density at radius 2 is 2.00 bits per heavy atom. The van der Waals surface area contributed by atoms with Gasteiger partial charge in [-0.1, -0.05) is 13.3 Å². The van der Waals surface area contributed by atoms with E-state index < -0.39 is 6.17 Å². The highest BCUT2D eigenvalue weighted by Crippen LogP contribution is 2.14. The van der Waals surface area contributed by atoms with E-state index in [4.69, 9.17) is 5.73 Å². The largest absolute Gasteiger partial charge is 0.325 e. The molecule has 1 nitrogen and oxygen atoms in total. The van der Waals surface area contributed by atoms with Crippen molar-refractivity contribution in [2.75, 3.05) is 0 Å². The summed E-state index contributed by atoms with van der Waals surface area (Å²) in [4.78, 5) is 0. The van der Waals surface area contributed by atoms with Gasteiger partial charge in [-0.3, -0.25) is 0 Å². The fraction of sp³-hybridized carbons (Fsp3) is 1.00. The number of rotatable bonds is 4. The van der Waals surface area contributed by atoms with E-state index in [1.54, 1.807) is 0 Å². The summed E-state index contributed by atoms with van der Waals surface area (Å²) in [5.74, 6) is 0. The minimum absolute atomic E-state index is 0.353. The topological polar surface area (TPSA) is 26.0 Å². The molecule has 10 heavy (non-hydrogen) atoms. The summed E-state index contributed by atoms with van der Waals surface area (Å²) in [5, 5.41) is 0. The Kier molecular flexibility index (Phi) is 3.87. The van der Waals surface area contributed by atoms with Crippen molar-refractivity contribution in [1.29, 1.82) is 0 Å². The van der Waals surface area contributed by atoms with Crippen LogP contribution in [0.1, 0.15) is 40.0 Å². The van der Waals surface area contributed by atoms with Gasteiger partial charge in [-0.25, -0.2) is 4.39 Å². The fourth-order valence-electron chi connectivity index (χ4n) is 0.986. The second-order valence-corrected chi connectivity index (χ2v) is 3.58. The van der Waals surface area contributed by atoms with Crippen molar-refractivity contribution in [2.24, 2.45) is 5.73 Å². The van der Waals surface area contributed by atoms with Crippen LogP contribution >= 0.6 is 0 Å². The normalized spacial score (nSPS) is 15.3. The van der Waals surface area contributed by atoms with Gasteiger partial charge in [-0.15, -0.1) is 0 Å². The highest BCUT2D eigenvalue weighted by molar-refractivity contribution is 4.75. The summed E-state index contributed by atoms with van der Waals surface area (Å²) in [5.41, 5.74) is 5.27. The van der Waals surface area contributed by atoms with E-state index in [2.05, 4.69) is 0 Å². The first-order chi connectivity index (χ1) is 4.45. The Hall–Kier alpha value is -0.110. The first kappa shape index (κ1) is 9.89. The third-order valence-corrected chi connectivity index (χ3v) is 1.35. The number of hydrogen-bond acceptors (Lipinski definition) is 1. The Balaban J connectivity index is 3.47. The Morgan fingerprint density at radius 1 is 1.50 bits per heavy atom. The molecule has 0 aliphatic heterocycles. The number of halogens is 1. The van der Waals surface area contributed by atoms with E-state index in [0.29, 0.717) is 12.8 Å². The van der Waals surface area contributed by atoms with Crippen LogP contribution in [-0.4, -0.2) is 11.7 Å². The van der Waals surface area contributed by atoms with Crippen LogP contribution in [0, 0.1) is 0 Å². The second-order valence-electron chi connectivity index (χ2n) is 3.58. The molecule has 0 aromatic heterocycles. The van der Waals surface area contributed by atoms with Crippen LogP contribution in [0.25, 0.3) is 0 Å². The zero-order valence-electron chi connectivity index (χ0n) is 7.15. The van der Waals surface area contributed by atoms with Crippen molar-refractivity contribution in [2.45, 2.75) is 51.7 Å². The maximum atomic E-state index is 12.8. The average Bonchev–Trinajstić information content (AvgIpc) is 1.59. The zero-order chi connectivity index (χ0) is 8.20. The predicted molar refractivity (Wildman–Crippen MR) is 42.7 cm³/mol. The van der Waals surface area contributed by atoms with E-state index in [1.807, 2.05) is 20.8 Å². The molecule has 0 heterocycles. The average molecular weight is 147 g/mol. The highest BCUT2D eigenvalue weighted by Gasteiger charge is 2.17. The van der Waals surface area contributed by atoms with E-state index in [9.17, 15) is 4.39 Å². The monoisotopic (exact) mass is 147 g/mol. The van der Waals surface area contributed by atoms with Crippen LogP contribution in [0.15, 0.2) is 0 Å². The van der Waals surface area contributed by atoms with Crippen LogP contribution in [0.3, 0.4) is 0 Å². The van der Waals surface area contributed by atoms with Crippen molar-refractivity contribution in [3.8, 4) is 0 Å². The molecular formula is C8H18FN. The Morgan fingerprint density at radius 3 is 2.30 bits per heavy atom. The number of nitrogens with two attached hydrogens (primary N) is 1. The molecule has 62 valence electrons. The molecule has 0 spiro atoms. The maximum Gasteiger partial charge on any atom is 0.102 e. The Bertz CT molecular complexity index is 85.7. The second kappa shape index (κ2) is 3.91. The van der Waals surface area contributed by atoms with Crippen molar-refractivity contribution in [3.63, 3.8) is 0 Å². The molecule has 0 aromatic carbocycles. The van der Waals surface area contributed by atoms with Crippen LogP contribution in [0.4, 0.5) is 4.39 Å². The molecule has 1 unspecified atom stereocenters. The first-order valence-electron chi connectivity index (χ1n) is 3.88. The van der Waals surface area contributed by atoms with Gasteiger partial charge in [-0.2, -0.15) is 0 Å². The molecular weight excluding hydrogens is 129 g/mol. The van der Waals surface area contributed by atoms with Crippen LogP contribution in [-0.2, 0) is 0 Å². The van der Waals surface area contributed by atoms with E-state index in [0.717, 1.165) is 6.42 Å². The lowest BCUT2D eigenvalue weighted by Gasteiger charge is -2.20. The molecule has 0 fully saturated rings. The molecule has 0 amide bonds. The van der Waals surface area contributed by atoms with Crippen molar-refractivity contribution in [1.82, 2.24) is 0 Å². The van der Waals surface area contributed by atoms with Gasteiger partial charge in [0.15, 0.2) is 0 Å². The van der Waals surface area contributed by atoms with Gasteiger partial charge >= 0.3 is 0 Å². The van der Waals surface area contributed by atoms with Crippen LogP contribution < -0.4 is 5.73 Å². The summed E-state index contributed by atoms with van der Waals surface area (Å²) < 4.78 is 12.8. The Labute approximate surface area is 62.8 Å². The lowest BCUT2D eigenvalue weighted by atomic mass is 9.97. The maximum absolute atomic E-state index is 12.8. The molecule has 0 aliphatic rings. The zero-order valence-corrected chi connectivity index (χ0v) is 7.15. The van der Waals surface area contributed by atoms with Crippen LogP contribution in [0.5, 0.6) is 0 Å². The van der Waals surface area contributed by atoms with E-state index >= 15 is 0 Å². The van der Waals surface area contributed by atoms with Gasteiger partial charge in [0.2, 0.25) is 0 Å². The minimum Gasteiger partial charge on any atom is -0.325 e. The highest BCUT2D eigenvalue weighted by atomic mass is 19.1. The molecule has 2 heteroatoms. The summed E-state index contributed by atoms with van der Waals surface area (Å²) in [6.45, 7) is 5.70. The molecule has 0 aliphatic carbocycles. The van der Waals surface area contributed by atoms with Gasteiger partial charge < -0.3 is 5.73 Å². The predicted octanol–water partition coefficient (Wildman–Crippen LogP) is 2.25. The third kappa shape index (κ3) is 6.02. The molecule has 0 bridgehead atoms. The number of alkyl halides is 1. The third-order valence-electron chi connectivity index (χ3n) is 1.35. The van der Waals surface area contributed by atoms with Gasteiger partial charge in [0, 0.05) is 5.54 Å². The van der Waals surface area contributed by atoms with Gasteiger partial charge in [0.1, 0.15) is 6.17 Å². The van der Waals surface area contributed by atoms with Gasteiger partial charge in [0.25, 0.3) is 0 Å². The van der Waals surface area contributed by atoms with Crippen LogP contribution in [0.2, 0.25) is 0 Å². The lowest BCUT2D eigenvalue weighted by Crippen LogP contribution is -2.34. The fourth-order valence-corrected chi connectivity index (χ4v) is 0.986. The molecule has 0 saturated carbocycles. The van der Waals surface area contributed by atoms with Crippen molar-refractivity contribution in [3.05, 3.63) is 0 Å². The molecule has 1 atom stereocenters. The number of hydrogen-bond donors (Lipinski definition) is 1. The molecule has 2 N–H and O–H groups in total. The van der Waals surface area contributed by atoms with Crippen molar-refractivity contribution >= 4 is 0 Å². The molecule has 0 saturated heterocycles. The summed E-state index contributed by atoms with van der Waals surface area (Å²) >= 11 is 0. The summed E-state index contributed by atoms with van der Waals surface area (Å²) in [6.07, 6.45) is 1.30. The lowest BCUT2D eigenvalue weighted by molar-refractivity contribution is 0.247. The molecule has 0 rings (SSSR count). The van der Waals surface area contributed by atoms with E-state index in [1.165, 1.54) is 0 Å². The molecule has 0 aromatic rings. The minimum atomic E-state index is -0.718. The quantitative estimate of drug-likeness (QED) is 0.648. The summed E-state index contributed by atoms with van der Waals surface area (Å²) in [7, 11) is 0. The van der Waals surface area contributed by atoms with Crippen molar-refractivity contribution < 1.29 is 4.39 Å². The molecule has 0 radical (unpaired) electrons. The summed E-state index contributed by atoms with van der Waals surface area (Å²) in [6, 6.07) is 0. The SMILES string of the molecule is CCCC(F)CC(C)(C)N. The standard InChI is InChI=1S/C8H18FN/c1-4-5-7(9)6-8(2,3)10/h7H,4-6,10H2,1-3H3. The smallest absolute Gasteiger partial charge is 0.102 e. The van der Waals surface area contributed by atoms with Gasteiger partial charge in [0.05, 0.1) is 0 Å².